The first-order chi connectivity index (χ1) is 32.4. The summed E-state index contributed by atoms with van der Waals surface area (Å²) in [5.41, 5.74) is 10.6. The highest BCUT2D eigenvalue weighted by Gasteiger charge is 2.32. The van der Waals surface area contributed by atoms with E-state index in [1.807, 2.05) is 72.8 Å². The number of aromatic amines is 4. The van der Waals surface area contributed by atoms with E-state index in [1.165, 1.54) is 12.5 Å². The van der Waals surface area contributed by atoms with Gasteiger partial charge >= 0.3 is 5.97 Å². The third-order valence-corrected chi connectivity index (χ3v) is 11.2. The Bertz CT molecular complexity index is 2890. The van der Waals surface area contributed by atoms with E-state index in [-0.39, 0.29) is 25.7 Å². The van der Waals surface area contributed by atoms with Gasteiger partial charge in [0.25, 0.3) is 0 Å². The van der Waals surface area contributed by atoms with Gasteiger partial charge in [-0.3, -0.25) is 28.8 Å². The lowest BCUT2D eigenvalue weighted by Gasteiger charge is -2.26. The minimum Gasteiger partial charge on any atom is -0.480 e. The zero-order valence-electron chi connectivity index (χ0n) is 35.9. The molecule has 0 radical (unpaired) electrons. The van der Waals surface area contributed by atoms with Gasteiger partial charge in [-0.2, -0.15) is 0 Å². The van der Waals surface area contributed by atoms with E-state index in [9.17, 15) is 43.8 Å². The fourth-order valence-electron chi connectivity index (χ4n) is 7.69. The van der Waals surface area contributed by atoms with Crippen LogP contribution in [0.15, 0.2) is 104 Å². The van der Waals surface area contributed by atoms with Crippen molar-refractivity contribution in [3.05, 3.63) is 126 Å². The number of carboxylic acids is 1. The Morgan fingerprint density at radius 1 is 0.537 bits per heavy atom. The summed E-state index contributed by atoms with van der Waals surface area (Å²) in [6, 6.07) is 15.4. The summed E-state index contributed by atoms with van der Waals surface area (Å²) in [4.78, 5) is 110. The number of carbonyl (C=O) groups is 7. The molecule has 7 aromatic rings. The number of aliphatic carboxylic acids is 1. The first-order valence-electron chi connectivity index (χ1n) is 21.3. The topological polar surface area (TPSA) is 334 Å². The predicted octanol–water partition coefficient (Wildman–Crippen LogP) is -0.300. The monoisotopic (exact) mass is 914 g/mol. The second kappa shape index (κ2) is 21.6. The molecule has 14 N–H and O–H groups in total. The lowest BCUT2D eigenvalue weighted by molar-refractivity contribution is -0.141. The molecule has 0 aliphatic carbocycles. The molecule has 67 heavy (non-hydrogen) atoms. The third kappa shape index (κ3) is 11.9. The number of rotatable bonds is 22. The van der Waals surface area contributed by atoms with E-state index in [2.05, 4.69) is 56.8 Å². The van der Waals surface area contributed by atoms with Crippen LogP contribution in [0.1, 0.15) is 22.4 Å². The van der Waals surface area contributed by atoms with Crippen molar-refractivity contribution in [3.63, 3.8) is 0 Å². The molecule has 4 heterocycles. The molecule has 21 heteroatoms. The molecule has 348 valence electrons. The normalized spacial score (nSPS) is 13.5. The van der Waals surface area contributed by atoms with Gasteiger partial charge in [0, 0.05) is 88.9 Å². The Morgan fingerprint density at radius 3 is 1.46 bits per heavy atom. The molecule has 5 atom stereocenters. The number of carbonyl (C=O) groups excluding carboxylic acids is 6. The van der Waals surface area contributed by atoms with Gasteiger partial charge in [-0.1, -0.05) is 54.6 Å². The Labute approximate surface area is 381 Å². The van der Waals surface area contributed by atoms with Crippen molar-refractivity contribution >= 4 is 74.1 Å². The smallest absolute Gasteiger partial charge is 0.326 e. The number of nitrogens with one attached hydrogen (secondary N) is 10. The van der Waals surface area contributed by atoms with Crippen molar-refractivity contribution in [2.45, 2.75) is 55.9 Å². The number of hydrogen-bond donors (Lipinski definition) is 13. The summed E-state index contributed by atoms with van der Waals surface area (Å²) in [6.07, 6.45) is 7.67. The standard InChI is InChI=1S/C46H50N12O9/c47-32(23-59)42(62)56-38(16-28-20-48-24-54-28)45(65)58-37(14-26-18-50-34-11-5-2-8-30(26)34)44(64)57-36(13-25-17-49-33-10-4-1-7-29(25)33)43(63)53-21-40(60)52-22-41(61)55-39(46(66)67)15-27-19-51-35-12-6-3-9-31(27)35/h1-12,17-20,24,32,36-39,49-51,59H,13-16,21-23,47H2,(H,48,54)(H,52,60)(H,53,63)(H,55,61)(H,56,62)(H,57,64)(H,58,65)(H,66,67)/t32-,36-,37-,38-,39-/m0/s1. The van der Waals surface area contributed by atoms with E-state index < -0.39 is 91.3 Å². The van der Waals surface area contributed by atoms with Crippen molar-refractivity contribution in [2.24, 2.45) is 5.73 Å². The first kappa shape index (κ1) is 46.7. The van der Waals surface area contributed by atoms with Crippen LogP contribution in [0.25, 0.3) is 32.7 Å². The third-order valence-electron chi connectivity index (χ3n) is 11.2. The Kier molecular flexibility index (Phi) is 15.0. The minimum atomic E-state index is -1.34. The molecular weight excluding hydrogens is 865 g/mol. The fourth-order valence-corrected chi connectivity index (χ4v) is 7.69. The van der Waals surface area contributed by atoms with Crippen molar-refractivity contribution in [2.75, 3.05) is 19.7 Å². The molecule has 21 nitrogen and oxygen atoms in total. The van der Waals surface area contributed by atoms with Crippen LogP contribution in [0, 0.1) is 0 Å². The molecule has 3 aromatic carbocycles. The number of aliphatic hydroxyl groups excluding tert-OH is 1. The zero-order valence-corrected chi connectivity index (χ0v) is 35.9. The predicted molar refractivity (Wildman–Crippen MR) is 245 cm³/mol. The number of amides is 6. The molecule has 0 aliphatic heterocycles. The van der Waals surface area contributed by atoms with Crippen molar-refractivity contribution in [1.29, 1.82) is 0 Å². The highest BCUT2D eigenvalue weighted by atomic mass is 16.4. The van der Waals surface area contributed by atoms with E-state index in [4.69, 9.17) is 5.73 Å². The number of nitrogens with two attached hydrogens (primary N) is 1. The lowest BCUT2D eigenvalue weighted by atomic mass is 10.0. The number of H-pyrrole nitrogens is 4. The number of carboxylic acid groups (broad SMARTS) is 1. The Balaban J connectivity index is 1.06. The number of para-hydroxylation sites is 3. The summed E-state index contributed by atoms with van der Waals surface area (Å²) in [5.74, 6) is -5.97. The molecule has 0 aliphatic rings. The molecule has 0 fully saturated rings. The fraction of sp³-hybridized carbons (Fsp3) is 0.261. The summed E-state index contributed by atoms with van der Waals surface area (Å²) in [5, 5.41) is 37.1. The van der Waals surface area contributed by atoms with E-state index in [0.717, 1.165) is 32.7 Å². The molecule has 0 saturated carbocycles. The molecule has 0 bridgehead atoms. The van der Waals surface area contributed by atoms with Crippen LogP contribution in [-0.4, -0.2) is 126 Å². The van der Waals surface area contributed by atoms with Crippen LogP contribution in [-0.2, 0) is 59.2 Å². The molecule has 6 amide bonds. The van der Waals surface area contributed by atoms with E-state index >= 15 is 0 Å². The number of imidazole rings is 1. The van der Waals surface area contributed by atoms with Gasteiger partial charge in [0.15, 0.2) is 0 Å². The van der Waals surface area contributed by atoms with Crippen molar-refractivity contribution in [3.8, 4) is 0 Å². The van der Waals surface area contributed by atoms with Crippen LogP contribution in [0.5, 0.6) is 0 Å². The number of aromatic nitrogens is 5. The second-order valence-corrected chi connectivity index (χ2v) is 15.9. The van der Waals surface area contributed by atoms with Gasteiger partial charge in [0.1, 0.15) is 30.2 Å². The zero-order chi connectivity index (χ0) is 47.5. The van der Waals surface area contributed by atoms with Gasteiger partial charge in [-0.05, 0) is 34.9 Å². The maximum atomic E-state index is 14.5. The minimum absolute atomic E-state index is 0.0212. The summed E-state index contributed by atoms with van der Waals surface area (Å²) in [6.45, 7) is -1.90. The lowest BCUT2D eigenvalue weighted by Crippen LogP contribution is -2.59. The second-order valence-electron chi connectivity index (χ2n) is 15.9. The van der Waals surface area contributed by atoms with E-state index in [0.29, 0.717) is 22.4 Å². The first-order valence-corrected chi connectivity index (χ1v) is 21.3. The number of aliphatic hydroxyl groups is 1. The highest BCUT2D eigenvalue weighted by Crippen LogP contribution is 2.22. The summed E-state index contributed by atoms with van der Waals surface area (Å²) in [7, 11) is 0. The largest absolute Gasteiger partial charge is 0.480 e. The van der Waals surface area contributed by atoms with Gasteiger partial charge in [-0.15, -0.1) is 0 Å². The average molecular weight is 915 g/mol. The van der Waals surface area contributed by atoms with Crippen LogP contribution in [0.2, 0.25) is 0 Å². The Hall–Kier alpha value is -8.30. The highest BCUT2D eigenvalue weighted by molar-refractivity contribution is 5.97. The number of benzene rings is 3. The van der Waals surface area contributed by atoms with Crippen LogP contribution in [0.3, 0.4) is 0 Å². The van der Waals surface area contributed by atoms with Crippen LogP contribution >= 0.6 is 0 Å². The molecule has 0 spiro atoms. The van der Waals surface area contributed by atoms with Crippen LogP contribution in [0.4, 0.5) is 0 Å². The molecule has 0 unspecified atom stereocenters. The van der Waals surface area contributed by atoms with Gasteiger partial charge < -0.3 is 67.8 Å². The molecule has 7 rings (SSSR count). The molecule has 0 saturated heterocycles. The SMILES string of the molecule is N[C@@H](CO)C(=O)N[C@@H](Cc1cnc[nH]1)C(=O)N[C@@H](Cc1c[nH]c2ccccc12)C(=O)N[C@@H](Cc1c[nH]c2ccccc12)C(=O)NCC(=O)NCC(=O)N[C@@H](Cc1c[nH]c2ccccc12)C(=O)O. The number of fused-ring (bicyclic) bond motifs is 3. The summed E-state index contributed by atoms with van der Waals surface area (Å²) < 4.78 is 0. The number of hydrogen-bond acceptors (Lipinski definition) is 10. The maximum absolute atomic E-state index is 14.5. The van der Waals surface area contributed by atoms with Gasteiger partial charge in [0.2, 0.25) is 35.4 Å². The quantitative estimate of drug-likeness (QED) is 0.0419. The maximum Gasteiger partial charge on any atom is 0.326 e. The average Bonchev–Trinajstić information content (AvgIpc) is 4.17. The Morgan fingerprint density at radius 2 is 0.985 bits per heavy atom. The van der Waals surface area contributed by atoms with Crippen molar-refractivity contribution < 1.29 is 43.8 Å². The van der Waals surface area contributed by atoms with Gasteiger partial charge in [-0.25, -0.2) is 9.78 Å². The van der Waals surface area contributed by atoms with Gasteiger partial charge in [0.05, 0.1) is 26.0 Å². The number of nitrogens with zero attached hydrogens (tertiary/aromatic N) is 1. The summed E-state index contributed by atoms with van der Waals surface area (Å²) >= 11 is 0. The molecule has 4 aromatic heterocycles. The van der Waals surface area contributed by atoms with Crippen molar-refractivity contribution in [1.82, 2.24) is 56.8 Å². The molecular formula is C46H50N12O9. The van der Waals surface area contributed by atoms with E-state index in [1.54, 1.807) is 18.6 Å². The van der Waals surface area contributed by atoms with Crippen LogP contribution < -0.4 is 37.6 Å².